The Hall–Kier alpha value is -0.680. The number of halogens is 1. The van der Waals surface area contributed by atoms with Gasteiger partial charge in [0.05, 0.1) is 11.3 Å². The number of alkyl halides is 1. The number of carbonyl (C=O) groups excluding carboxylic acids is 1. The molecule has 5 heteroatoms. The molecule has 1 rings (SSSR count). The molecule has 1 heterocycles. The molecule has 0 aliphatic heterocycles. The van der Waals surface area contributed by atoms with E-state index in [4.69, 9.17) is 5.11 Å². The van der Waals surface area contributed by atoms with E-state index in [-0.39, 0.29) is 12.2 Å². The molecule has 0 atom stereocenters. The molecule has 0 fully saturated rings. The van der Waals surface area contributed by atoms with Gasteiger partial charge in [0, 0.05) is 16.6 Å². The molecule has 0 spiro atoms. The molecule has 1 N–H and O–H groups in total. The van der Waals surface area contributed by atoms with Crippen LogP contribution in [0.5, 0.6) is 0 Å². The number of Topliss-reactive ketones (excluding diaryl/α,β-unsaturated/α-hetero) is 1. The standard InChI is InChI=1S/C12H15BrO3S/c13-7-3-1-2-4-10(14)11-6-5-9(17-11)8-12(15)16/h5-6H,1-4,7-8H2,(H,15,16). The highest BCUT2D eigenvalue weighted by Crippen LogP contribution is 2.19. The Labute approximate surface area is 113 Å². The summed E-state index contributed by atoms with van der Waals surface area (Å²) < 4.78 is 0. The quantitative estimate of drug-likeness (QED) is 0.453. The Morgan fingerprint density at radius 1 is 1.24 bits per heavy atom. The van der Waals surface area contributed by atoms with Crippen LogP contribution in [0.1, 0.15) is 40.2 Å². The average molecular weight is 319 g/mol. The van der Waals surface area contributed by atoms with Gasteiger partial charge in [-0.15, -0.1) is 11.3 Å². The van der Waals surface area contributed by atoms with Gasteiger partial charge < -0.3 is 5.11 Å². The summed E-state index contributed by atoms with van der Waals surface area (Å²) in [5, 5.41) is 9.61. The lowest BCUT2D eigenvalue weighted by molar-refractivity contribution is -0.136. The fourth-order valence-electron chi connectivity index (χ4n) is 1.45. The fourth-order valence-corrected chi connectivity index (χ4v) is 2.81. The van der Waals surface area contributed by atoms with Crippen LogP contribution in [0.25, 0.3) is 0 Å². The average Bonchev–Trinajstić information content (AvgIpc) is 2.71. The highest BCUT2D eigenvalue weighted by Gasteiger charge is 2.10. The zero-order valence-corrected chi connectivity index (χ0v) is 11.8. The van der Waals surface area contributed by atoms with Crippen LogP contribution in [-0.4, -0.2) is 22.2 Å². The van der Waals surface area contributed by atoms with Crippen LogP contribution in [0.2, 0.25) is 0 Å². The van der Waals surface area contributed by atoms with Crippen molar-refractivity contribution in [3.05, 3.63) is 21.9 Å². The smallest absolute Gasteiger partial charge is 0.308 e. The molecule has 0 unspecified atom stereocenters. The lowest BCUT2D eigenvalue weighted by Gasteiger charge is -1.97. The first-order valence-corrected chi connectivity index (χ1v) is 7.47. The van der Waals surface area contributed by atoms with Gasteiger partial charge in [0.2, 0.25) is 0 Å². The summed E-state index contributed by atoms with van der Waals surface area (Å²) in [6.45, 7) is 0. The second kappa shape index (κ2) is 7.61. The number of thiophene rings is 1. The molecule has 0 bridgehead atoms. The van der Waals surface area contributed by atoms with Crippen LogP contribution in [0.4, 0.5) is 0 Å². The van der Waals surface area contributed by atoms with E-state index >= 15 is 0 Å². The first-order chi connectivity index (χ1) is 8.13. The van der Waals surface area contributed by atoms with E-state index in [1.165, 1.54) is 11.3 Å². The van der Waals surface area contributed by atoms with Crippen molar-refractivity contribution in [1.29, 1.82) is 0 Å². The maximum absolute atomic E-state index is 11.8. The third-order valence-electron chi connectivity index (χ3n) is 2.30. The Kier molecular flexibility index (Phi) is 6.44. The van der Waals surface area contributed by atoms with Gasteiger partial charge in [-0.2, -0.15) is 0 Å². The van der Waals surface area contributed by atoms with E-state index < -0.39 is 5.97 Å². The number of aliphatic carboxylic acids is 1. The molecule has 0 aromatic carbocycles. The molecular weight excluding hydrogens is 304 g/mol. The number of unbranched alkanes of at least 4 members (excludes halogenated alkanes) is 2. The van der Waals surface area contributed by atoms with E-state index in [2.05, 4.69) is 15.9 Å². The molecule has 0 aliphatic carbocycles. The summed E-state index contributed by atoms with van der Waals surface area (Å²) in [7, 11) is 0. The van der Waals surface area contributed by atoms with Crippen molar-refractivity contribution >= 4 is 39.0 Å². The molecule has 1 aromatic rings. The predicted octanol–water partition coefficient (Wildman–Crippen LogP) is 3.51. The van der Waals surface area contributed by atoms with Crippen LogP contribution in [-0.2, 0) is 11.2 Å². The van der Waals surface area contributed by atoms with Gasteiger partial charge in [0.1, 0.15) is 0 Å². The lowest BCUT2D eigenvalue weighted by atomic mass is 10.1. The summed E-state index contributed by atoms with van der Waals surface area (Å²) in [6, 6.07) is 3.46. The zero-order chi connectivity index (χ0) is 12.7. The Morgan fingerprint density at radius 2 is 2.00 bits per heavy atom. The van der Waals surface area contributed by atoms with E-state index in [0.29, 0.717) is 11.3 Å². The monoisotopic (exact) mass is 318 g/mol. The summed E-state index contributed by atoms with van der Waals surface area (Å²) in [5.74, 6) is -0.732. The number of ketones is 1. The largest absolute Gasteiger partial charge is 0.481 e. The van der Waals surface area contributed by atoms with Gasteiger partial charge in [-0.3, -0.25) is 9.59 Å². The first kappa shape index (κ1) is 14.4. The van der Waals surface area contributed by atoms with Crippen LogP contribution in [0.15, 0.2) is 12.1 Å². The number of hydrogen-bond donors (Lipinski definition) is 1. The molecule has 0 amide bonds. The van der Waals surface area contributed by atoms with Crippen molar-refractivity contribution < 1.29 is 14.7 Å². The van der Waals surface area contributed by atoms with E-state index in [9.17, 15) is 9.59 Å². The third-order valence-corrected chi connectivity index (χ3v) is 3.99. The van der Waals surface area contributed by atoms with Crippen molar-refractivity contribution in [2.45, 2.75) is 32.1 Å². The van der Waals surface area contributed by atoms with Crippen molar-refractivity contribution in [3.8, 4) is 0 Å². The normalized spacial score (nSPS) is 10.4. The first-order valence-electron chi connectivity index (χ1n) is 5.53. The van der Waals surface area contributed by atoms with Gasteiger partial charge in [-0.25, -0.2) is 0 Å². The summed E-state index contributed by atoms with van der Waals surface area (Å²) in [5.41, 5.74) is 0. The van der Waals surface area contributed by atoms with Crippen LogP contribution in [0, 0.1) is 0 Å². The third kappa shape index (κ3) is 5.46. The van der Waals surface area contributed by atoms with Crippen molar-refractivity contribution in [1.82, 2.24) is 0 Å². The second-order valence-electron chi connectivity index (χ2n) is 3.76. The van der Waals surface area contributed by atoms with Gasteiger partial charge in [0.15, 0.2) is 5.78 Å². The minimum atomic E-state index is -0.858. The Balaban J connectivity index is 2.41. The number of hydrogen-bond acceptors (Lipinski definition) is 3. The SMILES string of the molecule is O=C(O)Cc1ccc(C(=O)CCCCCBr)s1. The van der Waals surface area contributed by atoms with E-state index in [0.717, 1.165) is 29.5 Å². The molecule has 0 saturated carbocycles. The molecule has 0 saturated heterocycles. The molecule has 94 valence electrons. The highest BCUT2D eigenvalue weighted by atomic mass is 79.9. The van der Waals surface area contributed by atoms with Gasteiger partial charge in [-0.05, 0) is 25.0 Å². The van der Waals surface area contributed by atoms with Crippen molar-refractivity contribution in [3.63, 3.8) is 0 Å². The van der Waals surface area contributed by atoms with Crippen molar-refractivity contribution in [2.75, 3.05) is 5.33 Å². The number of carboxylic acids is 1. The van der Waals surface area contributed by atoms with Crippen LogP contribution in [0.3, 0.4) is 0 Å². The van der Waals surface area contributed by atoms with Crippen LogP contribution >= 0.6 is 27.3 Å². The van der Waals surface area contributed by atoms with Gasteiger partial charge in [0.25, 0.3) is 0 Å². The predicted molar refractivity (Wildman–Crippen MR) is 72.3 cm³/mol. The summed E-state index contributed by atoms with van der Waals surface area (Å²) in [6.07, 6.45) is 3.59. The lowest BCUT2D eigenvalue weighted by Crippen LogP contribution is -1.97. The number of carboxylic acid groups (broad SMARTS) is 1. The maximum atomic E-state index is 11.8. The number of carbonyl (C=O) groups is 2. The topological polar surface area (TPSA) is 54.4 Å². The molecule has 0 radical (unpaired) electrons. The number of rotatable bonds is 8. The summed E-state index contributed by atoms with van der Waals surface area (Å²) in [4.78, 5) is 23.7. The van der Waals surface area contributed by atoms with Crippen LogP contribution < -0.4 is 0 Å². The fraction of sp³-hybridized carbons (Fsp3) is 0.500. The molecule has 0 aliphatic rings. The second-order valence-corrected chi connectivity index (χ2v) is 5.72. The van der Waals surface area contributed by atoms with E-state index in [1.807, 2.05) is 0 Å². The minimum absolute atomic E-state index is 0.00152. The minimum Gasteiger partial charge on any atom is -0.481 e. The van der Waals surface area contributed by atoms with Gasteiger partial charge in [-0.1, -0.05) is 22.4 Å². The van der Waals surface area contributed by atoms with Crippen molar-refractivity contribution in [2.24, 2.45) is 0 Å². The molecule has 17 heavy (non-hydrogen) atoms. The Morgan fingerprint density at radius 3 is 2.65 bits per heavy atom. The summed E-state index contributed by atoms with van der Waals surface area (Å²) >= 11 is 4.64. The molecule has 3 nitrogen and oxygen atoms in total. The molecule has 1 aromatic heterocycles. The Bertz CT molecular complexity index is 387. The van der Waals surface area contributed by atoms with E-state index in [1.54, 1.807) is 12.1 Å². The highest BCUT2D eigenvalue weighted by molar-refractivity contribution is 9.09. The molecular formula is C12H15BrO3S. The zero-order valence-electron chi connectivity index (χ0n) is 9.45. The maximum Gasteiger partial charge on any atom is 0.308 e. The van der Waals surface area contributed by atoms with Gasteiger partial charge >= 0.3 is 5.97 Å².